The van der Waals surface area contributed by atoms with Crippen molar-refractivity contribution in [3.8, 4) is 0 Å². The Balaban J connectivity index is 2.49. The molecule has 1 atom stereocenters. The Morgan fingerprint density at radius 2 is 1.89 bits per heavy atom. The molecule has 0 aromatic heterocycles. The third-order valence-corrected chi connectivity index (χ3v) is 2.63. The number of hydrogen-bond acceptors (Lipinski definition) is 2. The van der Waals surface area contributed by atoms with Crippen molar-refractivity contribution >= 4 is 17.7 Å². The lowest BCUT2D eigenvalue weighted by atomic mass is 9.99. The maximum Gasteiger partial charge on any atom is 0.408 e. The van der Waals surface area contributed by atoms with Gasteiger partial charge in [0.1, 0.15) is 17.7 Å². The smallest absolute Gasteiger partial charge is 0.408 e. The lowest BCUT2D eigenvalue weighted by Gasteiger charge is -2.32. The lowest BCUT2D eigenvalue weighted by molar-refractivity contribution is -0.105. The Morgan fingerprint density at radius 3 is 2.44 bits per heavy atom. The van der Waals surface area contributed by atoms with Crippen LogP contribution in [0.25, 0.3) is 0 Å². The molecule has 1 aliphatic rings. The molecule has 1 aromatic carbocycles. The third kappa shape index (κ3) is 2.22. The number of rotatable bonds is 1. The molecule has 1 amide bonds. The van der Waals surface area contributed by atoms with Gasteiger partial charge in [-0.3, -0.25) is 0 Å². The first-order valence-electron chi connectivity index (χ1n) is 4.77. The molecule has 1 saturated heterocycles. The number of nitrogens with one attached hydrogen (secondary N) is 1. The van der Waals surface area contributed by atoms with Gasteiger partial charge in [0.15, 0.2) is 6.61 Å². The Morgan fingerprint density at radius 1 is 1.33 bits per heavy atom. The van der Waals surface area contributed by atoms with Gasteiger partial charge in [0.2, 0.25) is 0 Å². The predicted octanol–water partition coefficient (Wildman–Crippen LogP) is 3.03. The van der Waals surface area contributed by atoms with Gasteiger partial charge in [-0.15, -0.1) is 0 Å². The van der Waals surface area contributed by atoms with E-state index in [-0.39, 0.29) is 5.02 Å². The summed E-state index contributed by atoms with van der Waals surface area (Å²) in [4.78, 5) is 10.9. The summed E-state index contributed by atoms with van der Waals surface area (Å²) in [6.07, 6.45) is -1.17. The number of amides is 1. The molecule has 1 aromatic rings. The first-order valence-corrected chi connectivity index (χ1v) is 5.14. The Kier molecular flexibility index (Phi) is 3.10. The second-order valence-corrected chi connectivity index (χ2v) is 4.13. The molecule has 0 aliphatic carbocycles. The summed E-state index contributed by atoms with van der Waals surface area (Å²) in [5.74, 6) is -6.14. The largest absolute Gasteiger partial charge is 0.443 e. The summed E-state index contributed by atoms with van der Waals surface area (Å²) in [5.41, 5.74) is -0.943. The molecule has 1 N–H and O–H groups in total. The van der Waals surface area contributed by atoms with E-state index in [1.54, 1.807) is 5.32 Å². The van der Waals surface area contributed by atoms with Gasteiger partial charge in [-0.2, -0.15) is 0 Å². The summed E-state index contributed by atoms with van der Waals surface area (Å²) in [5, 5.41) is 1.42. The summed E-state index contributed by atoms with van der Waals surface area (Å²) in [7, 11) is 0. The van der Waals surface area contributed by atoms with Crippen molar-refractivity contribution in [2.45, 2.75) is 12.0 Å². The van der Waals surface area contributed by atoms with Gasteiger partial charge in [-0.25, -0.2) is 22.4 Å². The number of cyclic esters (lactones) is 1. The molecule has 3 nitrogen and oxygen atoms in total. The minimum Gasteiger partial charge on any atom is -0.443 e. The molecule has 0 radical (unpaired) electrons. The van der Waals surface area contributed by atoms with E-state index in [1.807, 2.05) is 0 Å². The van der Waals surface area contributed by atoms with E-state index in [1.165, 1.54) is 0 Å². The molecule has 0 unspecified atom stereocenters. The van der Waals surface area contributed by atoms with Gasteiger partial charge in [0, 0.05) is 5.02 Å². The topological polar surface area (TPSA) is 38.3 Å². The maximum absolute atomic E-state index is 13.5. The van der Waals surface area contributed by atoms with Gasteiger partial charge in [0.05, 0.1) is 5.56 Å². The highest BCUT2D eigenvalue weighted by Gasteiger charge is 2.49. The highest BCUT2D eigenvalue weighted by atomic mass is 35.5. The van der Waals surface area contributed by atoms with E-state index in [2.05, 4.69) is 4.74 Å². The fourth-order valence-electron chi connectivity index (χ4n) is 1.62. The summed E-state index contributed by atoms with van der Waals surface area (Å²) in [6.45, 7) is -1.25. The van der Waals surface area contributed by atoms with Gasteiger partial charge in [-0.05, 0) is 12.1 Å². The van der Waals surface area contributed by atoms with E-state index in [0.717, 1.165) is 0 Å². The quantitative estimate of drug-likeness (QED) is 0.805. The first-order chi connectivity index (χ1) is 8.31. The second-order valence-electron chi connectivity index (χ2n) is 3.70. The molecule has 98 valence electrons. The van der Waals surface area contributed by atoms with Gasteiger partial charge in [-0.1, -0.05) is 11.6 Å². The first kappa shape index (κ1) is 12.9. The zero-order valence-electron chi connectivity index (χ0n) is 8.65. The SMILES string of the molecule is O=C1N[C@@H](c2c(F)cc(Cl)cc2F)C(F)(F)CO1. The van der Waals surface area contributed by atoms with Crippen molar-refractivity contribution in [3.63, 3.8) is 0 Å². The van der Waals surface area contributed by atoms with Gasteiger partial charge >= 0.3 is 12.0 Å². The van der Waals surface area contributed by atoms with Crippen LogP contribution in [0.15, 0.2) is 12.1 Å². The lowest BCUT2D eigenvalue weighted by Crippen LogP contribution is -2.50. The zero-order chi connectivity index (χ0) is 13.5. The summed E-state index contributed by atoms with van der Waals surface area (Å²) in [6, 6.07) is -0.744. The molecule has 2 rings (SSSR count). The predicted molar refractivity (Wildman–Crippen MR) is 53.5 cm³/mol. The van der Waals surface area contributed by atoms with E-state index in [0.29, 0.717) is 12.1 Å². The number of alkyl halides is 2. The molecule has 1 heterocycles. The molecule has 18 heavy (non-hydrogen) atoms. The second kappa shape index (κ2) is 4.31. The molecular formula is C10H6ClF4NO2. The van der Waals surface area contributed by atoms with E-state index < -0.39 is 41.9 Å². The van der Waals surface area contributed by atoms with Crippen molar-refractivity contribution in [1.29, 1.82) is 0 Å². The molecule has 1 fully saturated rings. The van der Waals surface area contributed by atoms with Crippen LogP contribution in [0.5, 0.6) is 0 Å². The van der Waals surface area contributed by atoms with Crippen LogP contribution < -0.4 is 5.32 Å². The Bertz CT molecular complexity index is 486. The highest BCUT2D eigenvalue weighted by Crippen LogP contribution is 2.37. The van der Waals surface area contributed by atoms with Crippen molar-refractivity contribution in [2.75, 3.05) is 6.61 Å². The Hall–Kier alpha value is -1.50. The minimum atomic E-state index is -3.62. The van der Waals surface area contributed by atoms with Crippen LogP contribution in [0, 0.1) is 11.6 Å². The van der Waals surface area contributed by atoms with Crippen LogP contribution in [-0.4, -0.2) is 18.6 Å². The molecule has 8 heteroatoms. The van der Waals surface area contributed by atoms with E-state index >= 15 is 0 Å². The van der Waals surface area contributed by atoms with Crippen LogP contribution in [-0.2, 0) is 4.74 Å². The monoisotopic (exact) mass is 283 g/mol. The molecular weight excluding hydrogens is 278 g/mol. The number of carbonyl (C=O) groups is 1. The number of benzene rings is 1. The van der Waals surface area contributed by atoms with Crippen LogP contribution >= 0.6 is 11.6 Å². The zero-order valence-corrected chi connectivity index (χ0v) is 9.40. The van der Waals surface area contributed by atoms with Crippen molar-refractivity contribution in [1.82, 2.24) is 5.32 Å². The van der Waals surface area contributed by atoms with E-state index in [4.69, 9.17) is 11.6 Å². The molecule has 1 aliphatic heterocycles. The van der Waals surface area contributed by atoms with Crippen LogP contribution in [0.1, 0.15) is 11.6 Å². The molecule has 0 bridgehead atoms. The van der Waals surface area contributed by atoms with E-state index in [9.17, 15) is 22.4 Å². The number of carbonyl (C=O) groups excluding carboxylic acids is 1. The number of ether oxygens (including phenoxy) is 1. The van der Waals surface area contributed by atoms with Crippen molar-refractivity contribution in [2.24, 2.45) is 0 Å². The normalized spacial score (nSPS) is 22.3. The van der Waals surface area contributed by atoms with Crippen LogP contribution in [0.2, 0.25) is 5.02 Å². The highest BCUT2D eigenvalue weighted by molar-refractivity contribution is 6.30. The standard InChI is InChI=1S/C10H6ClF4NO2/c11-4-1-5(12)7(6(13)2-4)8-10(14,15)3-18-9(17)16-8/h1-2,8H,3H2,(H,16,17)/t8-/m0/s1. The minimum absolute atomic E-state index is 0.268. The van der Waals surface area contributed by atoms with Crippen LogP contribution in [0.4, 0.5) is 22.4 Å². The van der Waals surface area contributed by atoms with Gasteiger partial charge in [0.25, 0.3) is 0 Å². The van der Waals surface area contributed by atoms with Crippen LogP contribution in [0.3, 0.4) is 0 Å². The number of alkyl carbamates (subject to hydrolysis) is 1. The Labute approximate surface area is 104 Å². The van der Waals surface area contributed by atoms with Crippen molar-refractivity contribution in [3.05, 3.63) is 34.4 Å². The third-order valence-electron chi connectivity index (χ3n) is 2.41. The molecule has 0 spiro atoms. The van der Waals surface area contributed by atoms with Gasteiger partial charge < -0.3 is 10.1 Å². The number of halogens is 5. The maximum atomic E-state index is 13.5. The molecule has 0 saturated carbocycles. The fraction of sp³-hybridized carbons (Fsp3) is 0.300. The van der Waals surface area contributed by atoms with Crippen molar-refractivity contribution < 1.29 is 27.1 Å². The average Bonchev–Trinajstić information content (AvgIpc) is 2.22. The average molecular weight is 284 g/mol. The summed E-state index contributed by atoms with van der Waals surface area (Å²) >= 11 is 5.38. The summed E-state index contributed by atoms with van der Waals surface area (Å²) < 4.78 is 58.1. The number of hydrogen-bond donors (Lipinski definition) is 1. The fourth-order valence-corrected chi connectivity index (χ4v) is 1.81.